The molecule has 0 radical (unpaired) electrons. The van der Waals surface area contributed by atoms with Crippen molar-refractivity contribution < 1.29 is 4.79 Å². The standard InChI is InChI=1S/C11H12BrN3.C2H3NO/c1-13-9-5-3-4-8(6-9)11-10(12)7-15(2)14-11;1-3-2-4/h3-7,13H,1-2H3;1H3. The Morgan fingerprint density at radius 2 is 2.16 bits per heavy atom. The summed E-state index contributed by atoms with van der Waals surface area (Å²) in [7, 11) is 5.20. The minimum Gasteiger partial charge on any atom is -0.388 e. The molecule has 0 bridgehead atoms. The molecule has 6 heteroatoms. The van der Waals surface area contributed by atoms with Crippen molar-refractivity contribution in [2.45, 2.75) is 0 Å². The maximum atomic E-state index is 8.88. The zero-order valence-electron chi connectivity index (χ0n) is 11.0. The summed E-state index contributed by atoms with van der Waals surface area (Å²) in [6, 6.07) is 8.17. The second kappa shape index (κ2) is 7.51. The van der Waals surface area contributed by atoms with Gasteiger partial charge in [0, 0.05) is 38.6 Å². The summed E-state index contributed by atoms with van der Waals surface area (Å²) in [5, 5.41) is 7.51. The van der Waals surface area contributed by atoms with Crippen LogP contribution < -0.4 is 5.32 Å². The normalized spacial score (nSPS) is 9.05. The number of benzene rings is 1. The summed E-state index contributed by atoms with van der Waals surface area (Å²) >= 11 is 3.50. The first-order chi connectivity index (χ1) is 9.12. The number of isocyanates is 1. The van der Waals surface area contributed by atoms with Crippen molar-refractivity contribution in [2.75, 3.05) is 19.4 Å². The molecule has 0 atom stereocenters. The molecule has 0 saturated carbocycles. The van der Waals surface area contributed by atoms with E-state index in [0.29, 0.717) is 0 Å². The van der Waals surface area contributed by atoms with Gasteiger partial charge in [-0.1, -0.05) is 12.1 Å². The molecule has 0 saturated heterocycles. The van der Waals surface area contributed by atoms with Crippen LogP contribution in [-0.2, 0) is 11.8 Å². The van der Waals surface area contributed by atoms with Crippen molar-refractivity contribution in [1.29, 1.82) is 0 Å². The fourth-order valence-corrected chi connectivity index (χ4v) is 2.08. The number of carbonyl (C=O) groups excluding carboxylic acids is 1. The third-order valence-corrected chi connectivity index (χ3v) is 2.88. The molecular weight excluding hydrogens is 308 g/mol. The van der Waals surface area contributed by atoms with Gasteiger partial charge in [0.05, 0.1) is 4.47 Å². The van der Waals surface area contributed by atoms with Gasteiger partial charge in [-0.3, -0.25) is 4.68 Å². The average Bonchev–Trinajstić information content (AvgIpc) is 2.78. The van der Waals surface area contributed by atoms with Crippen LogP contribution in [-0.4, -0.2) is 30.0 Å². The lowest BCUT2D eigenvalue weighted by Gasteiger charge is -2.02. The molecule has 0 aliphatic heterocycles. The van der Waals surface area contributed by atoms with E-state index in [1.165, 1.54) is 13.1 Å². The van der Waals surface area contributed by atoms with Crippen LogP contribution in [0.25, 0.3) is 11.3 Å². The molecule has 1 aromatic heterocycles. The van der Waals surface area contributed by atoms with Crippen molar-refractivity contribution >= 4 is 27.7 Å². The number of nitrogens with zero attached hydrogens (tertiary/aromatic N) is 3. The largest absolute Gasteiger partial charge is 0.388 e. The van der Waals surface area contributed by atoms with Gasteiger partial charge in [0.2, 0.25) is 6.08 Å². The Bertz CT molecular complexity index is 588. The topological polar surface area (TPSA) is 59.3 Å². The number of anilines is 1. The third-order valence-electron chi connectivity index (χ3n) is 2.30. The third kappa shape index (κ3) is 4.35. The molecule has 0 amide bonds. The van der Waals surface area contributed by atoms with Gasteiger partial charge in [-0.05, 0) is 28.1 Å². The van der Waals surface area contributed by atoms with Crippen LogP contribution in [0.1, 0.15) is 0 Å². The highest BCUT2D eigenvalue weighted by Gasteiger charge is 2.07. The van der Waals surface area contributed by atoms with E-state index in [1.54, 1.807) is 4.68 Å². The lowest BCUT2D eigenvalue weighted by Crippen LogP contribution is -1.90. The van der Waals surface area contributed by atoms with Crippen molar-refractivity contribution in [2.24, 2.45) is 12.0 Å². The van der Waals surface area contributed by atoms with Crippen LogP contribution in [0.15, 0.2) is 39.9 Å². The van der Waals surface area contributed by atoms with Crippen molar-refractivity contribution in [3.8, 4) is 11.3 Å². The highest BCUT2D eigenvalue weighted by molar-refractivity contribution is 9.10. The van der Waals surface area contributed by atoms with Gasteiger partial charge in [-0.2, -0.15) is 5.10 Å². The molecule has 1 aromatic carbocycles. The van der Waals surface area contributed by atoms with Gasteiger partial charge in [-0.15, -0.1) is 0 Å². The number of rotatable bonds is 2. The summed E-state index contributed by atoms with van der Waals surface area (Å²) in [4.78, 5) is 11.8. The molecule has 0 fully saturated rings. The summed E-state index contributed by atoms with van der Waals surface area (Å²) in [6.45, 7) is 0. The fraction of sp³-hybridized carbons (Fsp3) is 0.231. The molecule has 2 aromatic rings. The Morgan fingerprint density at radius 1 is 1.47 bits per heavy atom. The van der Waals surface area contributed by atoms with E-state index >= 15 is 0 Å². The van der Waals surface area contributed by atoms with E-state index in [4.69, 9.17) is 4.79 Å². The monoisotopic (exact) mass is 322 g/mol. The molecule has 2 rings (SSSR count). The number of hydrogen-bond donors (Lipinski definition) is 1. The molecule has 19 heavy (non-hydrogen) atoms. The van der Waals surface area contributed by atoms with Crippen LogP contribution in [0.2, 0.25) is 0 Å². The minimum absolute atomic E-state index is 0.967. The Hall–Kier alpha value is -1.91. The highest BCUT2D eigenvalue weighted by atomic mass is 79.9. The smallest absolute Gasteiger partial charge is 0.234 e. The number of aryl methyl sites for hydroxylation is 1. The first kappa shape index (κ1) is 15.1. The molecule has 0 spiro atoms. The number of hydrogen-bond acceptors (Lipinski definition) is 4. The fourth-order valence-electron chi connectivity index (χ4n) is 1.48. The second-order valence-electron chi connectivity index (χ2n) is 3.65. The van der Waals surface area contributed by atoms with Crippen LogP contribution >= 0.6 is 15.9 Å². The number of halogens is 1. The molecule has 1 heterocycles. The van der Waals surface area contributed by atoms with Gasteiger partial charge < -0.3 is 5.32 Å². The van der Waals surface area contributed by atoms with E-state index in [1.807, 2.05) is 38.5 Å². The van der Waals surface area contributed by atoms with Gasteiger partial charge in [0.15, 0.2) is 0 Å². The van der Waals surface area contributed by atoms with Crippen LogP contribution in [0, 0.1) is 0 Å². The number of aromatic nitrogens is 2. The van der Waals surface area contributed by atoms with E-state index in [2.05, 4.69) is 37.4 Å². The maximum Gasteiger partial charge on any atom is 0.234 e. The SMILES string of the molecule is CN=C=O.CNc1cccc(-c2nn(C)cc2Br)c1. The van der Waals surface area contributed by atoms with E-state index < -0.39 is 0 Å². The molecule has 0 aliphatic carbocycles. The van der Waals surface area contributed by atoms with E-state index in [9.17, 15) is 0 Å². The first-order valence-electron chi connectivity index (χ1n) is 5.55. The van der Waals surface area contributed by atoms with Crippen molar-refractivity contribution in [3.05, 3.63) is 34.9 Å². The van der Waals surface area contributed by atoms with Crippen LogP contribution in [0.3, 0.4) is 0 Å². The maximum absolute atomic E-state index is 8.88. The molecule has 1 N–H and O–H groups in total. The summed E-state index contributed by atoms with van der Waals surface area (Å²) < 4.78 is 2.81. The molecule has 100 valence electrons. The van der Waals surface area contributed by atoms with Gasteiger partial charge >= 0.3 is 0 Å². The van der Waals surface area contributed by atoms with E-state index in [-0.39, 0.29) is 0 Å². The number of nitrogens with one attached hydrogen (secondary N) is 1. The predicted octanol–water partition coefficient (Wildman–Crippen LogP) is 2.84. The molecule has 5 nitrogen and oxygen atoms in total. The average molecular weight is 323 g/mol. The highest BCUT2D eigenvalue weighted by Crippen LogP contribution is 2.27. The zero-order valence-corrected chi connectivity index (χ0v) is 12.6. The van der Waals surface area contributed by atoms with Crippen LogP contribution in [0.5, 0.6) is 0 Å². The summed E-state index contributed by atoms with van der Waals surface area (Å²) in [6.07, 6.45) is 3.25. The van der Waals surface area contributed by atoms with Gasteiger partial charge in [0.1, 0.15) is 5.69 Å². The van der Waals surface area contributed by atoms with E-state index in [0.717, 1.165) is 21.4 Å². The lowest BCUT2D eigenvalue weighted by atomic mass is 10.1. The quantitative estimate of drug-likeness (QED) is 0.683. The molecule has 0 aliphatic rings. The summed E-state index contributed by atoms with van der Waals surface area (Å²) in [5.74, 6) is 0. The Balaban J connectivity index is 0.000000399. The summed E-state index contributed by atoms with van der Waals surface area (Å²) in [5.41, 5.74) is 3.16. The van der Waals surface area contributed by atoms with Crippen molar-refractivity contribution in [1.82, 2.24) is 9.78 Å². The number of aliphatic imine (C=N–C) groups is 1. The lowest BCUT2D eigenvalue weighted by molar-refractivity contribution is 0.564. The minimum atomic E-state index is 0.967. The van der Waals surface area contributed by atoms with Crippen molar-refractivity contribution in [3.63, 3.8) is 0 Å². The Morgan fingerprint density at radius 3 is 2.63 bits per heavy atom. The molecule has 0 unspecified atom stereocenters. The van der Waals surface area contributed by atoms with Crippen LogP contribution in [0.4, 0.5) is 5.69 Å². The zero-order chi connectivity index (χ0) is 14.3. The Kier molecular flexibility index (Phi) is 5.99. The molecular formula is C13H15BrN4O. The second-order valence-corrected chi connectivity index (χ2v) is 4.50. The van der Waals surface area contributed by atoms with Gasteiger partial charge in [0.25, 0.3) is 0 Å². The first-order valence-corrected chi connectivity index (χ1v) is 6.35. The van der Waals surface area contributed by atoms with Gasteiger partial charge in [-0.25, -0.2) is 9.79 Å². The predicted molar refractivity (Wildman–Crippen MR) is 79.9 cm³/mol. The Labute approximate surface area is 120 Å².